The fraction of sp³-hybridized carbons (Fsp3) is 0.154. The molecule has 0 aliphatic rings. The first-order chi connectivity index (χ1) is 8.65. The molecule has 0 radical (unpaired) electrons. The molecule has 0 bridgehead atoms. The summed E-state index contributed by atoms with van der Waals surface area (Å²) in [6.07, 6.45) is 0. The van der Waals surface area contributed by atoms with E-state index in [0.29, 0.717) is 16.5 Å². The van der Waals surface area contributed by atoms with E-state index in [1.807, 2.05) is 6.07 Å². The molecule has 0 unspecified atom stereocenters. The minimum atomic E-state index is -0.745. The molecule has 1 heterocycles. The number of esters is 1. The van der Waals surface area contributed by atoms with Gasteiger partial charge in [0.15, 0.2) is 0 Å². The van der Waals surface area contributed by atoms with Crippen LogP contribution in [0.2, 0.25) is 0 Å². The first-order valence-electron chi connectivity index (χ1n) is 5.31. The molecule has 0 aliphatic carbocycles. The maximum Gasteiger partial charge on any atom is 0.351 e. The van der Waals surface area contributed by atoms with Gasteiger partial charge in [-0.05, 0) is 31.2 Å². The fourth-order valence-corrected chi connectivity index (χ4v) is 1.54. The lowest BCUT2D eigenvalue weighted by Gasteiger charge is -2.02. The average Bonchev–Trinajstić information content (AvgIpc) is 2.37. The number of rotatable bonds is 2. The Balaban J connectivity index is 2.63. The van der Waals surface area contributed by atoms with E-state index in [1.54, 1.807) is 13.0 Å². The van der Waals surface area contributed by atoms with Gasteiger partial charge in [-0.3, -0.25) is 0 Å². The van der Waals surface area contributed by atoms with Crippen LogP contribution in [0, 0.1) is 11.3 Å². The van der Waals surface area contributed by atoms with Gasteiger partial charge >= 0.3 is 11.6 Å². The zero-order valence-corrected chi connectivity index (χ0v) is 9.60. The highest BCUT2D eigenvalue weighted by atomic mass is 16.5. The number of ether oxygens (including phenoxy) is 1. The van der Waals surface area contributed by atoms with Gasteiger partial charge in [0.1, 0.15) is 11.1 Å². The lowest BCUT2D eigenvalue weighted by atomic mass is 10.1. The lowest BCUT2D eigenvalue weighted by molar-refractivity contribution is 0.0522. The SMILES string of the molecule is CCOC(=O)c1cc2cc(C#N)ccc2oc1=O. The molecule has 0 N–H and O–H groups in total. The van der Waals surface area contributed by atoms with Crippen LogP contribution in [0.3, 0.4) is 0 Å². The summed E-state index contributed by atoms with van der Waals surface area (Å²) in [5.74, 6) is -0.726. The van der Waals surface area contributed by atoms with Gasteiger partial charge in [-0.25, -0.2) is 9.59 Å². The van der Waals surface area contributed by atoms with E-state index in [9.17, 15) is 9.59 Å². The van der Waals surface area contributed by atoms with Gasteiger partial charge in [0.25, 0.3) is 0 Å². The average molecular weight is 243 g/mol. The van der Waals surface area contributed by atoms with Gasteiger partial charge in [-0.15, -0.1) is 0 Å². The van der Waals surface area contributed by atoms with Gasteiger partial charge in [-0.1, -0.05) is 0 Å². The third-order valence-corrected chi connectivity index (χ3v) is 2.36. The Labute approximate surface area is 102 Å². The minimum absolute atomic E-state index is 0.167. The number of nitrogens with zero attached hydrogens (tertiary/aromatic N) is 1. The molecule has 0 fully saturated rings. The Kier molecular flexibility index (Phi) is 3.11. The Morgan fingerprint density at radius 3 is 2.89 bits per heavy atom. The highest BCUT2D eigenvalue weighted by Crippen LogP contribution is 2.15. The Bertz CT molecular complexity index is 709. The standard InChI is InChI=1S/C13H9NO4/c1-2-17-12(15)10-6-9-5-8(7-14)3-4-11(9)18-13(10)16/h3-6H,2H2,1H3. The van der Waals surface area contributed by atoms with Crippen molar-refractivity contribution in [1.29, 1.82) is 5.26 Å². The normalized spacial score (nSPS) is 10.0. The highest BCUT2D eigenvalue weighted by Gasteiger charge is 2.14. The molecule has 2 rings (SSSR count). The van der Waals surface area contributed by atoms with Crippen molar-refractivity contribution in [2.45, 2.75) is 6.92 Å². The molecule has 0 atom stereocenters. The summed E-state index contributed by atoms with van der Waals surface area (Å²) in [6.45, 7) is 1.82. The van der Waals surface area contributed by atoms with Crippen LogP contribution in [0.5, 0.6) is 0 Å². The number of hydrogen-bond acceptors (Lipinski definition) is 5. The molecule has 18 heavy (non-hydrogen) atoms. The Morgan fingerprint density at radius 1 is 1.44 bits per heavy atom. The maximum absolute atomic E-state index is 11.6. The van der Waals surface area contributed by atoms with Gasteiger partial charge in [-0.2, -0.15) is 5.26 Å². The van der Waals surface area contributed by atoms with Crippen LogP contribution >= 0.6 is 0 Å². The van der Waals surface area contributed by atoms with E-state index < -0.39 is 11.6 Å². The maximum atomic E-state index is 11.6. The van der Waals surface area contributed by atoms with E-state index in [1.165, 1.54) is 18.2 Å². The van der Waals surface area contributed by atoms with E-state index in [4.69, 9.17) is 14.4 Å². The van der Waals surface area contributed by atoms with Crippen molar-refractivity contribution < 1.29 is 13.9 Å². The molecule has 1 aromatic heterocycles. The van der Waals surface area contributed by atoms with Crippen molar-refractivity contribution in [3.05, 3.63) is 45.8 Å². The zero-order chi connectivity index (χ0) is 13.1. The van der Waals surface area contributed by atoms with Crippen LogP contribution in [0.4, 0.5) is 0 Å². The molecular formula is C13H9NO4. The quantitative estimate of drug-likeness (QED) is 0.593. The van der Waals surface area contributed by atoms with Gasteiger partial charge in [0.05, 0.1) is 18.2 Å². The van der Waals surface area contributed by atoms with Crippen LogP contribution in [-0.2, 0) is 4.74 Å². The molecular weight excluding hydrogens is 234 g/mol. The van der Waals surface area contributed by atoms with Crippen LogP contribution in [-0.4, -0.2) is 12.6 Å². The van der Waals surface area contributed by atoms with Crippen molar-refractivity contribution in [3.8, 4) is 6.07 Å². The van der Waals surface area contributed by atoms with Crippen LogP contribution in [0.25, 0.3) is 11.0 Å². The molecule has 90 valence electrons. The second-order valence-electron chi connectivity index (χ2n) is 3.53. The van der Waals surface area contributed by atoms with Crippen LogP contribution in [0.15, 0.2) is 33.5 Å². The van der Waals surface area contributed by atoms with Gasteiger partial charge < -0.3 is 9.15 Å². The summed E-state index contributed by atoms with van der Waals surface area (Å²) in [5, 5.41) is 9.29. The highest BCUT2D eigenvalue weighted by molar-refractivity contribution is 5.93. The van der Waals surface area contributed by atoms with Crippen LogP contribution in [0.1, 0.15) is 22.8 Å². The number of nitriles is 1. The summed E-state index contributed by atoms with van der Waals surface area (Å²) in [6, 6.07) is 7.94. The second-order valence-corrected chi connectivity index (χ2v) is 3.53. The van der Waals surface area contributed by atoms with Gasteiger partial charge in [0, 0.05) is 5.39 Å². The van der Waals surface area contributed by atoms with Crippen molar-refractivity contribution in [2.24, 2.45) is 0 Å². The molecule has 0 saturated heterocycles. The largest absolute Gasteiger partial charge is 0.462 e. The zero-order valence-electron chi connectivity index (χ0n) is 9.60. The summed E-state index contributed by atoms with van der Waals surface area (Å²) in [5.41, 5.74) is -0.164. The third-order valence-electron chi connectivity index (χ3n) is 2.36. The Morgan fingerprint density at radius 2 is 2.22 bits per heavy atom. The van der Waals surface area contributed by atoms with E-state index in [0.717, 1.165) is 0 Å². The summed E-state index contributed by atoms with van der Waals surface area (Å²) >= 11 is 0. The topological polar surface area (TPSA) is 80.3 Å². The van der Waals surface area contributed by atoms with E-state index >= 15 is 0 Å². The molecule has 1 aromatic carbocycles. The molecule has 5 nitrogen and oxygen atoms in total. The van der Waals surface area contributed by atoms with E-state index in [-0.39, 0.29) is 12.2 Å². The predicted molar refractivity (Wildman–Crippen MR) is 63.2 cm³/mol. The smallest absolute Gasteiger partial charge is 0.351 e. The molecule has 5 heteroatoms. The molecule has 0 saturated carbocycles. The number of carbonyl (C=O) groups excluding carboxylic acids is 1. The van der Waals surface area contributed by atoms with E-state index in [2.05, 4.69) is 0 Å². The number of carbonyl (C=O) groups is 1. The first kappa shape index (κ1) is 11.9. The van der Waals surface area contributed by atoms with Crippen molar-refractivity contribution in [2.75, 3.05) is 6.61 Å². The third kappa shape index (κ3) is 2.09. The van der Waals surface area contributed by atoms with Crippen molar-refractivity contribution >= 4 is 16.9 Å². The van der Waals surface area contributed by atoms with Gasteiger partial charge in [0.2, 0.25) is 0 Å². The summed E-state index contributed by atoms with van der Waals surface area (Å²) < 4.78 is 9.74. The molecule has 0 spiro atoms. The molecule has 0 aliphatic heterocycles. The lowest BCUT2D eigenvalue weighted by Crippen LogP contribution is -2.16. The van der Waals surface area contributed by atoms with Crippen molar-refractivity contribution in [1.82, 2.24) is 0 Å². The fourth-order valence-electron chi connectivity index (χ4n) is 1.54. The molecule has 0 amide bonds. The van der Waals surface area contributed by atoms with Crippen LogP contribution < -0.4 is 5.63 Å². The summed E-state index contributed by atoms with van der Waals surface area (Å²) in [7, 11) is 0. The number of hydrogen-bond donors (Lipinski definition) is 0. The van der Waals surface area contributed by atoms with Crippen molar-refractivity contribution in [3.63, 3.8) is 0 Å². The monoisotopic (exact) mass is 243 g/mol. The Hall–Kier alpha value is -2.61. The number of benzene rings is 1. The molecule has 2 aromatic rings. The first-order valence-corrected chi connectivity index (χ1v) is 5.31. The second kappa shape index (κ2) is 4.72. The summed E-state index contributed by atoms with van der Waals surface area (Å²) in [4.78, 5) is 23.1. The minimum Gasteiger partial charge on any atom is -0.462 e. The number of fused-ring (bicyclic) bond motifs is 1. The predicted octanol–water partition coefficient (Wildman–Crippen LogP) is 1.84.